The average molecular weight is 313 g/mol. The maximum absolute atomic E-state index is 6.28. The van der Waals surface area contributed by atoms with E-state index in [1.807, 2.05) is 0 Å². The van der Waals surface area contributed by atoms with Gasteiger partial charge in [-0.25, -0.2) is 0 Å². The van der Waals surface area contributed by atoms with Gasteiger partial charge in [-0.2, -0.15) is 0 Å². The van der Waals surface area contributed by atoms with Crippen molar-refractivity contribution in [3.63, 3.8) is 0 Å². The molecule has 3 saturated heterocycles. The second kappa shape index (κ2) is 5.67. The molecule has 2 bridgehead atoms. The molecule has 5 aliphatic heterocycles. The minimum atomic E-state index is 0.160. The molecule has 124 valence electrons. The highest BCUT2D eigenvalue weighted by atomic mass is 16.5. The third kappa shape index (κ3) is 2.62. The summed E-state index contributed by atoms with van der Waals surface area (Å²) in [5, 5.41) is 0. The lowest BCUT2D eigenvalue weighted by Gasteiger charge is -2.37. The molecular formula is C19H27N3O. The topological polar surface area (TPSA) is 19.0 Å². The molecule has 0 aromatic rings. The van der Waals surface area contributed by atoms with Crippen molar-refractivity contribution in [3.8, 4) is 0 Å². The fourth-order valence-corrected chi connectivity index (χ4v) is 4.88. The number of hydrogen-bond donors (Lipinski definition) is 0. The molecule has 0 amide bonds. The molecule has 0 spiro atoms. The van der Waals surface area contributed by atoms with E-state index in [2.05, 4.69) is 39.3 Å². The van der Waals surface area contributed by atoms with Crippen LogP contribution in [0.4, 0.5) is 0 Å². The van der Waals surface area contributed by atoms with Gasteiger partial charge in [-0.15, -0.1) is 0 Å². The molecule has 0 N–H and O–H groups in total. The highest BCUT2D eigenvalue weighted by molar-refractivity contribution is 5.43. The summed E-state index contributed by atoms with van der Waals surface area (Å²) in [6, 6.07) is 0.624. The standard InChI is InChI=1S/C19H27N3O/c1-2-6-21(7-3-1)19-11-16-5-9-22(14-18(16)23-19)17-10-15-4-8-20(12-15)13-17/h5,9,11,14-15,17,19H,1-4,6-8,10,12-13H2/t15-,17-,19?/m1/s1. The van der Waals surface area contributed by atoms with E-state index in [0.717, 1.165) is 11.7 Å². The fourth-order valence-electron chi connectivity index (χ4n) is 4.88. The fraction of sp³-hybridized carbons (Fsp3) is 0.684. The largest absolute Gasteiger partial charge is 0.469 e. The van der Waals surface area contributed by atoms with Crippen LogP contribution in [0.2, 0.25) is 0 Å². The van der Waals surface area contributed by atoms with Gasteiger partial charge in [0.1, 0.15) is 5.76 Å². The van der Waals surface area contributed by atoms with Gasteiger partial charge in [0.05, 0.1) is 0 Å². The molecule has 23 heavy (non-hydrogen) atoms. The van der Waals surface area contributed by atoms with Crippen LogP contribution in [0.3, 0.4) is 0 Å². The first-order valence-electron chi connectivity index (χ1n) is 9.38. The lowest BCUT2D eigenvalue weighted by molar-refractivity contribution is 0.0134. The lowest BCUT2D eigenvalue weighted by Crippen LogP contribution is -2.43. The summed E-state index contributed by atoms with van der Waals surface area (Å²) in [5.74, 6) is 1.99. The van der Waals surface area contributed by atoms with E-state index in [9.17, 15) is 0 Å². The van der Waals surface area contributed by atoms with Crippen molar-refractivity contribution in [1.82, 2.24) is 14.7 Å². The van der Waals surface area contributed by atoms with Gasteiger partial charge in [0.25, 0.3) is 0 Å². The Kier molecular flexibility index (Phi) is 3.48. The van der Waals surface area contributed by atoms with Gasteiger partial charge in [0.15, 0.2) is 6.23 Å². The second-order valence-corrected chi connectivity index (χ2v) is 7.79. The molecule has 0 aromatic carbocycles. The van der Waals surface area contributed by atoms with Gasteiger partial charge < -0.3 is 14.5 Å². The number of allylic oxidation sites excluding steroid dienone is 1. The Morgan fingerprint density at radius 2 is 1.96 bits per heavy atom. The van der Waals surface area contributed by atoms with Crippen LogP contribution in [0, 0.1) is 5.92 Å². The summed E-state index contributed by atoms with van der Waals surface area (Å²) < 4.78 is 6.28. The zero-order valence-electron chi connectivity index (χ0n) is 13.9. The zero-order chi connectivity index (χ0) is 15.2. The van der Waals surface area contributed by atoms with Crippen LogP contribution in [0.5, 0.6) is 0 Å². The highest BCUT2D eigenvalue weighted by Gasteiger charge is 2.36. The molecule has 4 nitrogen and oxygen atoms in total. The number of fused-ring (bicyclic) bond motifs is 3. The van der Waals surface area contributed by atoms with Crippen molar-refractivity contribution in [1.29, 1.82) is 0 Å². The molecule has 5 rings (SSSR count). The monoisotopic (exact) mass is 313 g/mol. The summed E-state index contributed by atoms with van der Waals surface area (Å²) in [7, 11) is 0. The van der Waals surface area contributed by atoms with E-state index in [-0.39, 0.29) is 6.23 Å². The van der Waals surface area contributed by atoms with E-state index in [4.69, 9.17) is 4.74 Å². The van der Waals surface area contributed by atoms with Gasteiger partial charge in [-0.3, -0.25) is 4.90 Å². The van der Waals surface area contributed by atoms with E-state index >= 15 is 0 Å². The van der Waals surface area contributed by atoms with Crippen molar-refractivity contribution in [2.45, 2.75) is 44.4 Å². The first-order valence-corrected chi connectivity index (χ1v) is 9.38. The third-order valence-electron chi connectivity index (χ3n) is 6.16. The van der Waals surface area contributed by atoms with E-state index in [1.54, 1.807) is 0 Å². The van der Waals surface area contributed by atoms with Crippen LogP contribution in [-0.2, 0) is 4.74 Å². The van der Waals surface area contributed by atoms with Crippen LogP contribution >= 0.6 is 0 Å². The van der Waals surface area contributed by atoms with Crippen LogP contribution in [0.15, 0.2) is 35.9 Å². The van der Waals surface area contributed by atoms with Crippen molar-refractivity contribution in [2.24, 2.45) is 5.92 Å². The molecule has 0 saturated carbocycles. The van der Waals surface area contributed by atoms with Crippen molar-refractivity contribution in [2.75, 3.05) is 32.7 Å². The van der Waals surface area contributed by atoms with E-state index in [0.29, 0.717) is 6.04 Å². The maximum Gasteiger partial charge on any atom is 0.173 e. The average Bonchev–Trinajstić information content (AvgIpc) is 3.17. The third-order valence-corrected chi connectivity index (χ3v) is 6.16. The molecular weight excluding hydrogens is 286 g/mol. The normalized spacial score (nSPS) is 39.7. The SMILES string of the molecule is C1=CN([C@@H]2C[C@H]3CCN(C3)C2)C=C2OC(N3CCCCC3)C=C12. The van der Waals surface area contributed by atoms with Crippen LogP contribution in [0.1, 0.15) is 32.1 Å². The Morgan fingerprint density at radius 3 is 2.83 bits per heavy atom. The molecule has 4 atom stereocenters. The Morgan fingerprint density at radius 1 is 1.04 bits per heavy atom. The second-order valence-electron chi connectivity index (χ2n) is 7.79. The highest BCUT2D eigenvalue weighted by Crippen LogP contribution is 2.35. The summed E-state index contributed by atoms with van der Waals surface area (Å²) >= 11 is 0. The molecule has 5 aliphatic rings. The predicted octanol–water partition coefficient (Wildman–Crippen LogP) is 2.52. The van der Waals surface area contributed by atoms with Crippen LogP contribution in [0.25, 0.3) is 0 Å². The van der Waals surface area contributed by atoms with E-state index in [1.165, 1.54) is 70.4 Å². The number of rotatable bonds is 2. The van der Waals surface area contributed by atoms with Crippen LogP contribution in [-0.4, -0.2) is 59.7 Å². The Hall–Kier alpha value is -1.26. The summed E-state index contributed by atoms with van der Waals surface area (Å²) in [4.78, 5) is 7.53. The first-order chi connectivity index (χ1) is 11.3. The van der Waals surface area contributed by atoms with Crippen molar-refractivity contribution >= 4 is 0 Å². The number of hydrogen-bond acceptors (Lipinski definition) is 4. The molecule has 0 radical (unpaired) electrons. The van der Waals surface area contributed by atoms with Gasteiger partial charge in [0.2, 0.25) is 0 Å². The van der Waals surface area contributed by atoms with Gasteiger partial charge in [-0.05, 0) is 50.3 Å². The number of likely N-dealkylation sites (tertiary alicyclic amines) is 1. The first kappa shape index (κ1) is 14.1. The number of nitrogens with zero attached hydrogens (tertiary/aromatic N) is 3. The Bertz CT molecular complexity index is 549. The van der Waals surface area contributed by atoms with Crippen LogP contribution < -0.4 is 0 Å². The molecule has 0 aromatic heterocycles. The molecule has 0 aliphatic carbocycles. The Balaban J connectivity index is 1.29. The molecule has 5 heterocycles. The van der Waals surface area contributed by atoms with Crippen molar-refractivity contribution < 1.29 is 4.74 Å². The summed E-state index contributed by atoms with van der Waals surface area (Å²) in [5.41, 5.74) is 1.27. The number of ether oxygens (including phenoxy) is 1. The summed E-state index contributed by atoms with van der Waals surface area (Å²) in [6.07, 6.45) is 16.0. The quantitative estimate of drug-likeness (QED) is 0.780. The predicted molar refractivity (Wildman–Crippen MR) is 90.4 cm³/mol. The van der Waals surface area contributed by atoms with Crippen molar-refractivity contribution in [3.05, 3.63) is 35.9 Å². The number of piperidine rings is 2. The smallest absolute Gasteiger partial charge is 0.173 e. The van der Waals surface area contributed by atoms with Gasteiger partial charge in [-0.1, -0.05) is 6.42 Å². The maximum atomic E-state index is 6.28. The summed E-state index contributed by atoms with van der Waals surface area (Å²) in [6.45, 7) is 6.18. The van der Waals surface area contributed by atoms with E-state index < -0.39 is 0 Å². The minimum absolute atomic E-state index is 0.160. The van der Waals surface area contributed by atoms with Gasteiger partial charge >= 0.3 is 0 Å². The lowest BCUT2D eigenvalue weighted by atomic mass is 9.95. The molecule has 3 fully saturated rings. The minimum Gasteiger partial charge on any atom is -0.469 e. The molecule has 2 unspecified atom stereocenters. The molecule has 4 heteroatoms. The zero-order valence-corrected chi connectivity index (χ0v) is 13.9. The van der Waals surface area contributed by atoms with Gasteiger partial charge in [0, 0.05) is 50.2 Å². The Labute approximate surface area is 139 Å².